The van der Waals surface area contributed by atoms with E-state index in [4.69, 9.17) is 4.74 Å². The summed E-state index contributed by atoms with van der Waals surface area (Å²) in [5.74, 6) is -0.302. The van der Waals surface area contributed by atoms with E-state index in [0.29, 0.717) is 23.7 Å². The molecule has 1 aromatic heterocycles. The Bertz CT molecular complexity index is 2740. The zero-order valence-electron chi connectivity index (χ0n) is 30.0. The number of rotatable bonds is 13. The van der Waals surface area contributed by atoms with Crippen molar-refractivity contribution < 1.29 is 182 Å². The summed E-state index contributed by atoms with van der Waals surface area (Å²) in [6.07, 6.45) is 0. The van der Waals surface area contributed by atoms with Gasteiger partial charge in [-0.05, 0) is 87.8 Å². The van der Waals surface area contributed by atoms with Gasteiger partial charge in [0.05, 0.1) is 26.7 Å². The van der Waals surface area contributed by atoms with Gasteiger partial charge in [0.25, 0.3) is 0 Å². The minimum Gasteiger partial charge on any atom is -0.744 e. The molecule has 0 fully saturated rings. The smallest absolute Gasteiger partial charge is 0.744 e. The molecule has 276 valence electrons. The summed E-state index contributed by atoms with van der Waals surface area (Å²) in [5.41, 5.74) is 1.02. The minimum absolute atomic E-state index is 0. The number of aromatic nitrogens is 3. The summed E-state index contributed by atoms with van der Waals surface area (Å²) in [6, 6.07) is 17.6. The van der Waals surface area contributed by atoms with E-state index in [1.54, 1.807) is 12.1 Å². The van der Waals surface area contributed by atoms with Gasteiger partial charge in [0.1, 0.15) is 42.7 Å². The van der Waals surface area contributed by atoms with Crippen molar-refractivity contribution in [3.05, 3.63) is 90.5 Å². The molecule has 0 bridgehead atoms. The second-order valence-corrected chi connectivity index (χ2v) is 15.6. The van der Waals surface area contributed by atoms with E-state index in [0.717, 1.165) is 12.1 Å². The van der Waals surface area contributed by atoms with Gasteiger partial charge in [-0.15, -0.1) is 0 Å². The molecule has 0 saturated carbocycles. The van der Waals surface area contributed by atoms with Crippen LogP contribution in [0.5, 0.6) is 11.8 Å². The van der Waals surface area contributed by atoms with Crippen LogP contribution in [0.1, 0.15) is 5.56 Å². The van der Waals surface area contributed by atoms with E-state index in [1.807, 2.05) is 0 Å². The molecule has 6 aromatic rings. The van der Waals surface area contributed by atoms with E-state index >= 15 is 0 Å². The molecule has 0 spiro atoms. The quantitative estimate of drug-likeness (QED) is 0.0319. The summed E-state index contributed by atoms with van der Waals surface area (Å²) in [6.45, 7) is -0.0734. The topological polar surface area (TPSA) is 305 Å². The third-order valence-corrected chi connectivity index (χ3v) is 10.3. The summed E-state index contributed by atoms with van der Waals surface area (Å²) in [4.78, 5) is 10.4. The molecule has 0 radical (unpaired) electrons. The molecular formula is C30H19N5Na4O14S4. The maximum Gasteiger partial charge on any atom is 1.00 e. The zero-order chi connectivity index (χ0) is 38.1. The fraction of sp³-hybridized carbons (Fsp3) is 0.0333. The average molecular weight is 894 g/mol. The molecule has 0 amide bonds. The Morgan fingerprint density at radius 2 is 1.14 bits per heavy atom. The number of anilines is 4. The van der Waals surface area contributed by atoms with Crippen LogP contribution >= 0.6 is 12.0 Å². The number of hydrogen-bond donors (Lipinski definition) is 3. The van der Waals surface area contributed by atoms with Crippen molar-refractivity contribution in [3.8, 4) is 11.8 Å². The molecule has 1 heterocycles. The largest absolute Gasteiger partial charge is 1.00 e. The van der Waals surface area contributed by atoms with Gasteiger partial charge in [-0.25, -0.2) is 25.3 Å². The third-order valence-electron chi connectivity index (χ3n) is 7.19. The van der Waals surface area contributed by atoms with Crippen LogP contribution in [0.4, 0.5) is 23.3 Å². The number of phenols is 1. The molecule has 6 rings (SSSR count). The van der Waals surface area contributed by atoms with Crippen LogP contribution in [0.3, 0.4) is 0 Å². The summed E-state index contributed by atoms with van der Waals surface area (Å²) < 4.78 is 117. The number of phenolic OH excluding ortho intramolecular Hbond substituents is 1. The predicted molar refractivity (Wildman–Crippen MR) is 179 cm³/mol. The van der Waals surface area contributed by atoms with E-state index < -0.39 is 45.0 Å². The zero-order valence-corrected chi connectivity index (χ0v) is 41.3. The Morgan fingerprint density at radius 1 is 0.632 bits per heavy atom. The molecule has 5 aromatic carbocycles. The fourth-order valence-corrected chi connectivity index (χ4v) is 7.55. The molecule has 57 heavy (non-hydrogen) atoms. The van der Waals surface area contributed by atoms with E-state index in [2.05, 4.69) is 35.0 Å². The molecule has 0 aliphatic heterocycles. The van der Waals surface area contributed by atoms with Crippen molar-refractivity contribution in [2.75, 3.05) is 10.6 Å². The Balaban J connectivity index is 0.00000280. The number of ether oxygens (including phenoxy) is 1. The molecule has 19 nitrogen and oxygen atoms in total. The molecule has 3 N–H and O–H groups in total. The number of fused-ring (bicyclic) bond motifs is 2. The van der Waals surface area contributed by atoms with Gasteiger partial charge < -0.3 is 39.4 Å². The van der Waals surface area contributed by atoms with Gasteiger partial charge >= 0.3 is 124 Å². The van der Waals surface area contributed by atoms with Gasteiger partial charge in [-0.2, -0.15) is 19.3 Å². The molecule has 0 aliphatic rings. The maximum absolute atomic E-state index is 12.0. The van der Waals surface area contributed by atoms with Crippen LogP contribution in [-0.2, 0) is 46.3 Å². The molecule has 0 saturated heterocycles. The second kappa shape index (κ2) is 21.5. The Morgan fingerprint density at radius 3 is 1.63 bits per heavy atom. The van der Waals surface area contributed by atoms with Crippen molar-refractivity contribution in [1.29, 1.82) is 0 Å². The van der Waals surface area contributed by atoms with Crippen molar-refractivity contribution in [2.24, 2.45) is 0 Å². The Kier molecular flexibility index (Phi) is 19.6. The van der Waals surface area contributed by atoms with Gasteiger partial charge in [0, 0.05) is 16.3 Å². The van der Waals surface area contributed by atoms with Crippen LogP contribution in [0.15, 0.2) is 105 Å². The van der Waals surface area contributed by atoms with Crippen molar-refractivity contribution in [2.45, 2.75) is 26.2 Å². The Labute approximate surface area is 417 Å². The third kappa shape index (κ3) is 13.6. The number of aromatic hydroxyl groups is 1. The molecule has 0 aliphatic carbocycles. The van der Waals surface area contributed by atoms with Crippen molar-refractivity contribution >= 4 is 87.2 Å². The van der Waals surface area contributed by atoms with E-state index in [1.165, 1.54) is 54.6 Å². The first-order chi connectivity index (χ1) is 25.0. The van der Waals surface area contributed by atoms with E-state index in [-0.39, 0.29) is 186 Å². The molecule has 0 unspecified atom stereocenters. The van der Waals surface area contributed by atoms with Crippen molar-refractivity contribution in [3.63, 3.8) is 0 Å². The fourth-order valence-electron chi connectivity index (χ4n) is 4.96. The normalized spacial score (nSPS) is 11.4. The maximum atomic E-state index is 12.0. The number of benzene rings is 5. The van der Waals surface area contributed by atoms with Crippen LogP contribution in [-0.4, -0.2) is 59.0 Å². The molecular weight excluding hydrogens is 875 g/mol. The van der Waals surface area contributed by atoms with E-state index in [9.17, 15) is 49.3 Å². The van der Waals surface area contributed by atoms with Crippen LogP contribution in [0.2, 0.25) is 0 Å². The molecule has 0 atom stereocenters. The average Bonchev–Trinajstić information content (AvgIpc) is 3.08. The molecule has 27 heteroatoms. The van der Waals surface area contributed by atoms with Gasteiger partial charge in [0.15, 0.2) is 0 Å². The van der Waals surface area contributed by atoms with Gasteiger partial charge in [-0.3, -0.25) is 5.04 Å². The van der Waals surface area contributed by atoms with Crippen LogP contribution in [0.25, 0.3) is 21.5 Å². The number of nitrogens with zero attached hydrogens (tertiary/aromatic N) is 3. The van der Waals surface area contributed by atoms with Gasteiger partial charge in [0.2, 0.25) is 11.9 Å². The summed E-state index contributed by atoms with van der Waals surface area (Å²) in [5, 5.41) is 29.0. The monoisotopic (exact) mass is 893 g/mol. The van der Waals surface area contributed by atoms with Crippen LogP contribution in [0, 0.1) is 0 Å². The first-order valence-corrected chi connectivity index (χ1v) is 19.3. The standard InChI is InChI=1S/C30H23N5O14S4.4Na/c36-21-5-1-16(2-6-21)15-47-30-34-28(31-19-3-7-24-17(9-19)11-22(50-49-48-37)13-26(24)52(41,42)43)33-29(35-30)32-20-4-8-25-18(10-20)12-23(51(38,39)40)14-27(25)53(44,45)46;;;;/h1-14,36-37H,15H2,(H,38,39,40)(H,41,42,43)(H,44,45,46)(H2,31,32,33,34,35);;;;/q;4*+1/p-4. The van der Waals surface area contributed by atoms with Gasteiger partial charge in [-0.1, -0.05) is 24.3 Å². The summed E-state index contributed by atoms with van der Waals surface area (Å²) >= 11 is 0.368. The first kappa shape index (κ1) is 51.9. The SMILES string of the molecule is O=S(=O)([O-])c1cc(S(=O)(=O)[O-])c2ccc(Nc3nc(Nc4ccc5c(S(=O)(=O)[O-])cc(SOO[O-])cc5c4)nc(OCc4ccc(O)cc4)n3)cc2c1.[Na+].[Na+].[Na+].[Na+]. The van der Waals surface area contributed by atoms with Crippen molar-refractivity contribution in [1.82, 2.24) is 15.0 Å². The predicted octanol–water partition coefficient (Wildman–Crippen LogP) is -9.09. The first-order valence-electron chi connectivity index (χ1n) is 14.3. The second-order valence-electron chi connectivity index (χ2n) is 10.8. The summed E-state index contributed by atoms with van der Waals surface area (Å²) in [7, 11) is -15.3. The number of nitrogens with one attached hydrogen (secondary N) is 2. The number of hydrogen-bond acceptors (Lipinski definition) is 20. The van der Waals surface area contributed by atoms with Crippen LogP contribution < -0.4 is 139 Å². The Hall–Kier alpha value is -1.21. The minimum atomic E-state index is -5.20.